The molecule has 0 saturated heterocycles. The van der Waals surface area contributed by atoms with Crippen molar-refractivity contribution in [1.29, 1.82) is 0 Å². The molecular weight excluding hydrogens is 721 g/mol. The van der Waals surface area contributed by atoms with Gasteiger partial charge in [0.1, 0.15) is 0 Å². The van der Waals surface area contributed by atoms with Crippen molar-refractivity contribution in [1.82, 2.24) is 0 Å². The van der Waals surface area contributed by atoms with Crippen LogP contribution in [0, 0.1) is 29.6 Å². The first-order chi connectivity index (χ1) is 29.7. The lowest BCUT2D eigenvalue weighted by atomic mass is 9.78. The van der Waals surface area contributed by atoms with Gasteiger partial charge < -0.3 is 0 Å². The molecule has 0 bridgehead atoms. The zero-order valence-corrected chi connectivity index (χ0v) is 43.2. The summed E-state index contributed by atoms with van der Waals surface area (Å²) in [5, 5.41) is 0. The second-order valence-electron chi connectivity index (χ2n) is 21.4. The number of hydrogen-bond donors (Lipinski definition) is 0. The van der Waals surface area contributed by atoms with Gasteiger partial charge in [-0.1, -0.05) is 324 Å². The maximum absolute atomic E-state index is 2.36. The van der Waals surface area contributed by atoms with E-state index in [1.54, 1.807) is 32.1 Å². The highest BCUT2D eigenvalue weighted by Gasteiger charge is 2.47. The van der Waals surface area contributed by atoms with E-state index in [0.29, 0.717) is 0 Å². The fourth-order valence-electron chi connectivity index (χ4n) is 12.2. The van der Waals surface area contributed by atoms with E-state index in [9.17, 15) is 0 Å². The lowest BCUT2D eigenvalue weighted by Gasteiger charge is -2.28. The molecule has 0 aromatic rings. The molecule has 360 valence electrons. The van der Waals surface area contributed by atoms with Crippen LogP contribution in [-0.4, -0.2) is 0 Å². The van der Waals surface area contributed by atoms with Crippen molar-refractivity contribution < 1.29 is 0 Å². The molecule has 1 rings (SSSR count). The third-order valence-corrected chi connectivity index (χ3v) is 16.0. The van der Waals surface area contributed by atoms with E-state index in [1.165, 1.54) is 289 Å². The summed E-state index contributed by atoms with van der Waals surface area (Å²) in [6.45, 7) is 11.8. The van der Waals surface area contributed by atoms with Crippen LogP contribution in [0.3, 0.4) is 0 Å². The zero-order chi connectivity index (χ0) is 43.2. The minimum atomic E-state index is 1.05. The maximum Gasteiger partial charge on any atom is -0.0352 e. The smallest absolute Gasteiger partial charge is 0.0352 e. The third kappa shape index (κ3) is 33.5. The summed E-state index contributed by atoms with van der Waals surface area (Å²) < 4.78 is 0. The summed E-state index contributed by atoms with van der Waals surface area (Å²) in [6, 6.07) is 0. The Labute approximate surface area is 383 Å². The van der Waals surface area contributed by atoms with E-state index in [0.717, 1.165) is 29.6 Å². The van der Waals surface area contributed by atoms with Crippen molar-refractivity contribution in [3.8, 4) is 0 Å². The van der Waals surface area contributed by atoms with Crippen LogP contribution in [0.2, 0.25) is 0 Å². The predicted octanol–water partition coefficient (Wildman–Crippen LogP) is 22.7. The summed E-state index contributed by atoms with van der Waals surface area (Å²) in [5.41, 5.74) is 0. The molecule has 0 heterocycles. The second kappa shape index (κ2) is 47.0. The first-order valence-corrected chi connectivity index (χ1v) is 29.7. The maximum atomic E-state index is 2.36. The minimum Gasteiger partial charge on any atom is -0.0654 e. The van der Waals surface area contributed by atoms with Gasteiger partial charge in [0.25, 0.3) is 0 Å². The quantitative estimate of drug-likeness (QED) is 0.0535. The van der Waals surface area contributed by atoms with E-state index in [1.807, 2.05) is 0 Å². The molecule has 1 fully saturated rings. The molecule has 0 amide bonds. The van der Waals surface area contributed by atoms with Crippen molar-refractivity contribution >= 4 is 0 Å². The van der Waals surface area contributed by atoms with E-state index in [-0.39, 0.29) is 0 Å². The normalized spacial score (nSPS) is 19.2. The fourth-order valence-corrected chi connectivity index (χ4v) is 12.2. The van der Waals surface area contributed by atoms with Crippen molar-refractivity contribution in [2.24, 2.45) is 29.6 Å². The third-order valence-electron chi connectivity index (χ3n) is 16.0. The molecule has 60 heavy (non-hydrogen) atoms. The minimum absolute atomic E-state index is 1.05. The summed E-state index contributed by atoms with van der Waals surface area (Å²) in [5.74, 6) is 5.23. The molecular formula is C60H120. The molecule has 1 saturated carbocycles. The lowest BCUT2D eigenvalue weighted by molar-refractivity contribution is 0.224. The Morgan fingerprint density at radius 1 is 0.133 bits per heavy atom. The molecule has 1 aliphatic carbocycles. The fraction of sp³-hybridized carbons (Fsp3) is 1.00. The highest BCUT2D eigenvalue weighted by Crippen LogP contribution is 2.55. The first-order valence-electron chi connectivity index (χ1n) is 29.7. The van der Waals surface area contributed by atoms with Gasteiger partial charge in [0.15, 0.2) is 0 Å². The van der Waals surface area contributed by atoms with Crippen molar-refractivity contribution in [3.05, 3.63) is 0 Å². The Kier molecular flexibility index (Phi) is 45.4. The van der Waals surface area contributed by atoms with Gasteiger partial charge in [0.2, 0.25) is 0 Å². The van der Waals surface area contributed by atoms with Crippen LogP contribution in [0.4, 0.5) is 0 Å². The van der Waals surface area contributed by atoms with E-state index in [4.69, 9.17) is 0 Å². The average molecular weight is 842 g/mol. The average Bonchev–Trinajstić information content (AvgIpc) is 3.53. The summed E-state index contributed by atoms with van der Waals surface area (Å²) in [6.07, 6.45) is 74.6. The number of hydrogen-bond acceptors (Lipinski definition) is 0. The highest BCUT2D eigenvalue weighted by molar-refractivity contribution is 4.96. The Morgan fingerprint density at radius 3 is 0.350 bits per heavy atom. The summed E-state index contributed by atoms with van der Waals surface area (Å²) >= 11 is 0. The van der Waals surface area contributed by atoms with Gasteiger partial charge in [-0.3, -0.25) is 0 Å². The zero-order valence-electron chi connectivity index (χ0n) is 43.2. The van der Waals surface area contributed by atoms with E-state index >= 15 is 0 Å². The van der Waals surface area contributed by atoms with Gasteiger partial charge in [-0.15, -0.1) is 0 Å². The van der Waals surface area contributed by atoms with Gasteiger partial charge in [-0.05, 0) is 61.7 Å². The molecule has 0 nitrogen and oxygen atoms in total. The van der Waals surface area contributed by atoms with Gasteiger partial charge in [-0.25, -0.2) is 0 Å². The number of rotatable bonds is 50. The van der Waals surface area contributed by atoms with E-state index in [2.05, 4.69) is 34.6 Å². The van der Waals surface area contributed by atoms with E-state index < -0.39 is 0 Å². The second-order valence-corrected chi connectivity index (χ2v) is 21.4. The molecule has 0 atom stereocenters. The van der Waals surface area contributed by atoms with Crippen LogP contribution in [0.1, 0.15) is 356 Å². The predicted molar refractivity (Wildman–Crippen MR) is 277 cm³/mol. The largest absolute Gasteiger partial charge is 0.0654 e. The van der Waals surface area contributed by atoms with Crippen LogP contribution in [0.25, 0.3) is 0 Å². The van der Waals surface area contributed by atoms with Crippen molar-refractivity contribution in [3.63, 3.8) is 0 Å². The Balaban J connectivity index is 3.08. The molecule has 0 unspecified atom stereocenters. The van der Waals surface area contributed by atoms with Crippen molar-refractivity contribution in [2.45, 2.75) is 356 Å². The van der Waals surface area contributed by atoms with Gasteiger partial charge in [0.05, 0.1) is 0 Å². The van der Waals surface area contributed by atoms with Gasteiger partial charge >= 0.3 is 0 Å². The Morgan fingerprint density at radius 2 is 0.233 bits per heavy atom. The molecule has 0 radical (unpaired) electrons. The van der Waals surface area contributed by atoms with Crippen LogP contribution >= 0.6 is 0 Å². The van der Waals surface area contributed by atoms with Crippen LogP contribution < -0.4 is 0 Å². The van der Waals surface area contributed by atoms with Crippen LogP contribution in [-0.2, 0) is 0 Å². The molecule has 0 spiro atoms. The Hall–Kier alpha value is 0. The standard InChI is InChI=1S/C60H120/c1-6-11-16-21-26-31-36-41-46-51-56-57(52-47-42-37-32-27-22-17-12-7-2)59(54-49-44-39-34-29-24-19-14-9-4)60(55-50-45-40-35-30-25-20-15-10-5)58(56)53-48-43-38-33-28-23-18-13-8-3/h56-60H,6-55H2,1-5H3. The highest BCUT2D eigenvalue weighted by atomic mass is 14.5. The van der Waals surface area contributed by atoms with Gasteiger partial charge in [0, 0.05) is 0 Å². The van der Waals surface area contributed by atoms with Crippen molar-refractivity contribution in [2.75, 3.05) is 0 Å². The topological polar surface area (TPSA) is 0 Å². The summed E-state index contributed by atoms with van der Waals surface area (Å²) in [4.78, 5) is 0. The Bertz CT molecular complexity index is 622. The van der Waals surface area contributed by atoms with Gasteiger partial charge in [-0.2, -0.15) is 0 Å². The SMILES string of the molecule is CCCCCCCCCCCC1C(CCCCCCCCCCC)C(CCCCCCCCCCC)C(CCCCCCCCCCC)C1CCCCCCCCCCC. The molecule has 0 aromatic carbocycles. The lowest BCUT2D eigenvalue weighted by Crippen LogP contribution is -2.18. The summed E-state index contributed by atoms with van der Waals surface area (Å²) in [7, 11) is 0. The molecule has 0 heteroatoms. The van der Waals surface area contributed by atoms with Crippen LogP contribution in [0.5, 0.6) is 0 Å². The molecule has 1 aliphatic rings. The monoisotopic (exact) mass is 841 g/mol. The van der Waals surface area contributed by atoms with Crippen LogP contribution in [0.15, 0.2) is 0 Å². The first kappa shape index (κ1) is 58.0. The number of unbranched alkanes of at least 4 members (excludes halogenated alkanes) is 40. The molecule has 0 N–H and O–H groups in total. The molecule has 0 aliphatic heterocycles. The molecule has 0 aromatic heterocycles.